The summed E-state index contributed by atoms with van der Waals surface area (Å²) in [5.74, 6) is -0.227. The SMILES string of the molecule is Cc1ccc(-c2cc(=NCCN(C)C)n3nc/c(=C/c4[nH]c(=O)[nH]c4O)c3n2)s1. The predicted octanol–water partition coefficient (Wildman–Crippen LogP) is 0.498. The fourth-order valence-electron chi connectivity index (χ4n) is 2.89. The quantitative estimate of drug-likeness (QED) is 0.442. The standard InChI is InChI=1S/C19H21N7O2S/c1-11-4-5-15(29-11)13-9-16(20-6-7-25(2)3)26-17(22-13)12(10-21-26)8-14-18(27)24-19(28)23-14/h4-5,8-10,27H,6-7H2,1-3H3,(H2,23,24,28)/b12-8-,20-16?. The molecule has 9 nitrogen and oxygen atoms in total. The van der Waals surface area contributed by atoms with Crippen LogP contribution in [0.1, 0.15) is 10.6 Å². The van der Waals surface area contributed by atoms with Crippen LogP contribution in [0.25, 0.3) is 22.3 Å². The summed E-state index contributed by atoms with van der Waals surface area (Å²) in [5, 5.41) is 15.0. The van der Waals surface area contributed by atoms with E-state index in [-0.39, 0.29) is 11.6 Å². The van der Waals surface area contributed by atoms with Crippen molar-refractivity contribution in [2.24, 2.45) is 4.99 Å². The van der Waals surface area contributed by atoms with Crippen LogP contribution in [0.4, 0.5) is 0 Å². The average Bonchev–Trinajstić information content (AvgIpc) is 3.35. The molecule has 0 unspecified atom stereocenters. The normalized spacial score (nSPS) is 13.2. The van der Waals surface area contributed by atoms with Crippen LogP contribution in [-0.2, 0) is 0 Å². The lowest BCUT2D eigenvalue weighted by molar-refractivity contribution is 0.418. The maximum atomic E-state index is 11.4. The molecule has 4 aromatic heterocycles. The molecule has 0 saturated carbocycles. The van der Waals surface area contributed by atoms with E-state index in [1.165, 1.54) is 4.88 Å². The third-order valence-corrected chi connectivity index (χ3v) is 5.35. The Bertz CT molecular complexity index is 1340. The number of rotatable bonds is 5. The van der Waals surface area contributed by atoms with Gasteiger partial charge in [-0.2, -0.15) is 9.61 Å². The van der Waals surface area contributed by atoms with E-state index in [0.29, 0.717) is 22.9 Å². The van der Waals surface area contributed by atoms with Crippen LogP contribution in [0, 0.1) is 6.92 Å². The first-order valence-corrected chi connectivity index (χ1v) is 9.86. The van der Waals surface area contributed by atoms with Crippen molar-refractivity contribution in [3.05, 3.63) is 56.2 Å². The molecule has 0 atom stereocenters. The third kappa shape index (κ3) is 3.98. The number of likely N-dealkylation sites (N-methyl/N-ethyl adjacent to an activating group) is 1. The predicted molar refractivity (Wildman–Crippen MR) is 112 cm³/mol. The number of nitrogens with one attached hydrogen (secondary N) is 2. The van der Waals surface area contributed by atoms with Crippen LogP contribution < -0.4 is 16.4 Å². The van der Waals surface area contributed by atoms with E-state index >= 15 is 0 Å². The van der Waals surface area contributed by atoms with Gasteiger partial charge in [0.15, 0.2) is 11.1 Å². The Morgan fingerprint density at radius 2 is 2.17 bits per heavy atom. The molecular weight excluding hydrogens is 390 g/mol. The average molecular weight is 411 g/mol. The highest BCUT2D eigenvalue weighted by atomic mass is 32.1. The number of aromatic hydroxyl groups is 1. The molecule has 0 aliphatic heterocycles. The molecule has 10 heteroatoms. The summed E-state index contributed by atoms with van der Waals surface area (Å²) < 4.78 is 1.67. The van der Waals surface area contributed by atoms with Gasteiger partial charge in [0.05, 0.1) is 23.3 Å². The molecular formula is C19H21N7O2S. The first-order valence-electron chi connectivity index (χ1n) is 9.04. The molecule has 0 fully saturated rings. The summed E-state index contributed by atoms with van der Waals surface area (Å²) in [7, 11) is 4.01. The molecule has 4 heterocycles. The number of H-pyrrole nitrogens is 2. The van der Waals surface area contributed by atoms with Crippen molar-refractivity contribution in [1.29, 1.82) is 0 Å². The molecule has 0 spiro atoms. The van der Waals surface area contributed by atoms with E-state index in [4.69, 9.17) is 9.98 Å². The van der Waals surface area contributed by atoms with Crippen molar-refractivity contribution >= 4 is 23.1 Å². The van der Waals surface area contributed by atoms with Crippen LogP contribution in [0.15, 0.2) is 34.2 Å². The number of hydrogen-bond acceptors (Lipinski definition) is 7. The smallest absolute Gasteiger partial charge is 0.326 e. The van der Waals surface area contributed by atoms with E-state index in [1.807, 2.05) is 26.2 Å². The van der Waals surface area contributed by atoms with Gasteiger partial charge < -0.3 is 15.0 Å². The summed E-state index contributed by atoms with van der Waals surface area (Å²) in [6, 6.07) is 6.03. The molecule has 29 heavy (non-hydrogen) atoms. The van der Waals surface area contributed by atoms with Gasteiger partial charge in [-0.3, -0.25) is 9.98 Å². The Hall–Kier alpha value is -3.24. The van der Waals surface area contributed by atoms with Gasteiger partial charge in [0.2, 0.25) is 5.88 Å². The molecule has 0 aliphatic carbocycles. The number of imidazole rings is 1. The topological polar surface area (TPSA) is 115 Å². The van der Waals surface area contributed by atoms with E-state index in [1.54, 1.807) is 28.1 Å². The van der Waals surface area contributed by atoms with Crippen molar-refractivity contribution in [1.82, 2.24) is 29.5 Å². The lowest BCUT2D eigenvalue weighted by Crippen LogP contribution is -2.22. The summed E-state index contributed by atoms with van der Waals surface area (Å²) in [6.07, 6.45) is 3.27. The van der Waals surface area contributed by atoms with E-state index in [9.17, 15) is 9.90 Å². The summed E-state index contributed by atoms with van der Waals surface area (Å²) in [4.78, 5) is 30.1. The molecule has 150 valence electrons. The molecule has 0 bridgehead atoms. The monoisotopic (exact) mass is 411 g/mol. The Morgan fingerprint density at radius 3 is 2.83 bits per heavy atom. The summed E-state index contributed by atoms with van der Waals surface area (Å²) >= 11 is 1.66. The largest absolute Gasteiger partial charge is 0.493 e. The molecule has 4 rings (SSSR count). The van der Waals surface area contributed by atoms with Crippen molar-refractivity contribution < 1.29 is 5.11 Å². The maximum absolute atomic E-state index is 11.4. The minimum absolute atomic E-state index is 0.227. The van der Waals surface area contributed by atoms with Crippen LogP contribution in [0.3, 0.4) is 0 Å². The van der Waals surface area contributed by atoms with E-state index < -0.39 is 5.69 Å². The van der Waals surface area contributed by atoms with Gasteiger partial charge in [0.25, 0.3) is 0 Å². The van der Waals surface area contributed by atoms with Gasteiger partial charge in [-0.05, 0) is 39.2 Å². The second-order valence-electron chi connectivity index (χ2n) is 6.92. The molecule has 0 saturated heterocycles. The number of fused-ring (bicyclic) bond motifs is 1. The Labute approximate surface area is 169 Å². The van der Waals surface area contributed by atoms with Gasteiger partial charge >= 0.3 is 5.69 Å². The van der Waals surface area contributed by atoms with E-state index in [2.05, 4.69) is 33.0 Å². The fourth-order valence-corrected chi connectivity index (χ4v) is 3.72. The first kappa shape index (κ1) is 19.1. The lowest BCUT2D eigenvalue weighted by Gasteiger charge is -2.06. The van der Waals surface area contributed by atoms with Crippen molar-refractivity contribution in [3.63, 3.8) is 0 Å². The molecule has 3 N–H and O–H groups in total. The number of nitrogens with zero attached hydrogens (tertiary/aromatic N) is 5. The zero-order valence-corrected chi connectivity index (χ0v) is 17.1. The highest BCUT2D eigenvalue weighted by Crippen LogP contribution is 2.25. The molecule has 0 radical (unpaired) electrons. The number of aromatic nitrogens is 5. The maximum Gasteiger partial charge on any atom is 0.326 e. The van der Waals surface area contributed by atoms with Crippen molar-refractivity contribution in [3.8, 4) is 16.5 Å². The first-order chi connectivity index (χ1) is 13.9. The Kier molecular flexibility index (Phi) is 5.03. The summed E-state index contributed by atoms with van der Waals surface area (Å²) in [6.45, 7) is 3.49. The number of thiophene rings is 1. The van der Waals surface area contributed by atoms with Gasteiger partial charge in [-0.1, -0.05) is 0 Å². The lowest BCUT2D eigenvalue weighted by atomic mass is 10.3. The van der Waals surface area contributed by atoms with Crippen LogP contribution >= 0.6 is 11.3 Å². The Morgan fingerprint density at radius 1 is 1.34 bits per heavy atom. The van der Waals surface area contributed by atoms with Crippen LogP contribution in [0.2, 0.25) is 0 Å². The van der Waals surface area contributed by atoms with Crippen molar-refractivity contribution in [2.75, 3.05) is 27.2 Å². The van der Waals surface area contributed by atoms with Crippen LogP contribution in [-0.4, -0.2) is 61.8 Å². The minimum atomic E-state index is -0.479. The summed E-state index contributed by atoms with van der Waals surface area (Å²) in [5.41, 5.74) is 1.89. The number of aromatic amines is 2. The zero-order chi connectivity index (χ0) is 20.5. The second-order valence-corrected chi connectivity index (χ2v) is 8.20. The van der Waals surface area contributed by atoms with Gasteiger partial charge in [-0.15, -0.1) is 11.3 Å². The third-order valence-electron chi connectivity index (χ3n) is 4.33. The minimum Gasteiger partial charge on any atom is -0.493 e. The Balaban J connectivity index is 1.93. The molecule has 0 aliphatic rings. The van der Waals surface area contributed by atoms with E-state index in [0.717, 1.165) is 17.1 Å². The zero-order valence-electron chi connectivity index (χ0n) is 16.3. The molecule has 0 amide bonds. The highest BCUT2D eigenvalue weighted by Gasteiger charge is 2.10. The fraction of sp³-hybridized carbons (Fsp3) is 0.263. The molecule has 4 aromatic rings. The number of aryl methyl sites for hydroxylation is 1. The van der Waals surface area contributed by atoms with Crippen LogP contribution in [0.5, 0.6) is 5.88 Å². The second kappa shape index (κ2) is 7.64. The van der Waals surface area contributed by atoms with Gasteiger partial charge in [0.1, 0.15) is 5.69 Å². The number of hydrogen-bond donors (Lipinski definition) is 3. The van der Waals surface area contributed by atoms with Gasteiger partial charge in [-0.25, -0.2) is 9.78 Å². The van der Waals surface area contributed by atoms with Crippen molar-refractivity contribution in [2.45, 2.75) is 6.92 Å². The molecule has 0 aromatic carbocycles. The van der Waals surface area contributed by atoms with Gasteiger partial charge in [0, 0.05) is 22.7 Å². The highest BCUT2D eigenvalue weighted by molar-refractivity contribution is 7.15.